The fourth-order valence-electron chi connectivity index (χ4n) is 1.26. The first kappa shape index (κ1) is 7.75. The molecule has 13 heavy (non-hydrogen) atoms. The highest BCUT2D eigenvalue weighted by atomic mass is 19.1. The summed E-state index contributed by atoms with van der Waals surface area (Å²) in [4.78, 5) is 4.03. The molecule has 0 N–H and O–H groups in total. The topological polar surface area (TPSA) is 12.9 Å². The number of nitrogens with zero attached hydrogens (tertiary/aromatic N) is 1. The van der Waals surface area contributed by atoms with E-state index in [1.807, 2.05) is 6.07 Å². The van der Waals surface area contributed by atoms with Crippen LogP contribution in [0.3, 0.4) is 0 Å². The molecule has 1 aromatic carbocycles. The minimum Gasteiger partial charge on any atom is -0.255 e. The van der Waals surface area contributed by atoms with Crippen LogP contribution in [0.15, 0.2) is 30.5 Å². The Morgan fingerprint density at radius 2 is 2.15 bits per heavy atom. The van der Waals surface area contributed by atoms with E-state index in [1.54, 1.807) is 18.3 Å². The zero-order valence-electron chi connectivity index (χ0n) is 6.79. The van der Waals surface area contributed by atoms with Gasteiger partial charge in [-0.25, -0.2) is 4.39 Å². The summed E-state index contributed by atoms with van der Waals surface area (Å²) in [5.74, 6) is 1.91. The number of halogens is 1. The van der Waals surface area contributed by atoms with Gasteiger partial charge in [-0.2, -0.15) is 0 Å². The maximum atomic E-state index is 13.1. The predicted octanol–water partition coefficient (Wildman–Crippen LogP) is 2.36. The van der Waals surface area contributed by atoms with E-state index in [2.05, 4.69) is 10.9 Å². The zero-order chi connectivity index (χ0) is 9.26. The SMILES string of the molecule is C#Cc1c(F)ccc2cccnc12. The maximum Gasteiger partial charge on any atom is 0.141 e. The molecule has 2 rings (SSSR count). The lowest BCUT2D eigenvalue weighted by molar-refractivity contribution is 0.626. The third-order valence-electron chi connectivity index (χ3n) is 1.87. The molecule has 1 heterocycles. The number of pyridine rings is 1. The first-order chi connectivity index (χ1) is 6.33. The molecule has 0 unspecified atom stereocenters. The van der Waals surface area contributed by atoms with Gasteiger partial charge in [-0.05, 0) is 18.2 Å². The third-order valence-corrected chi connectivity index (χ3v) is 1.87. The normalized spacial score (nSPS) is 9.85. The first-order valence-electron chi connectivity index (χ1n) is 3.83. The van der Waals surface area contributed by atoms with Gasteiger partial charge in [0.2, 0.25) is 0 Å². The largest absolute Gasteiger partial charge is 0.255 e. The Morgan fingerprint density at radius 1 is 1.31 bits per heavy atom. The van der Waals surface area contributed by atoms with Gasteiger partial charge in [0.05, 0.1) is 11.1 Å². The summed E-state index contributed by atoms with van der Waals surface area (Å²) in [6, 6.07) is 6.67. The summed E-state index contributed by atoms with van der Waals surface area (Å²) < 4.78 is 13.1. The van der Waals surface area contributed by atoms with Gasteiger partial charge in [-0.1, -0.05) is 12.0 Å². The minimum absolute atomic E-state index is 0.234. The highest BCUT2D eigenvalue weighted by Gasteiger charge is 2.04. The van der Waals surface area contributed by atoms with Crippen molar-refractivity contribution in [1.29, 1.82) is 0 Å². The molecule has 62 valence electrons. The van der Waals surface area contributed by atoms with Crippen molar-refractivity contribution in [3.63, 3.8) is 0 Å². The van der Waals surface area contributed by atoms with Crippen LogP contribution in [0.5, 0.6) is 0 Å². The van der Waals surface area contributed by atoms with Gasteiger partial charge in [0.25, 0.3) is 0 Å². The number of aromatic nitrogens is 1. The summed E-state index contributed by atoms with van der Waals surface area (Å²) in [6.45, 7) is 0. The van der Waals surface area contributed by atoms with Crippen molar-refractivity contribution in [3.8, 4) is 12.3 Å². The van der Waals surface area contributed by atoms with Crippen LogP contribution in [0.25, 0.3) is 10.9 Å². The molecule has 0 aliphatic carbocycles. The van der Waals surface area contributed by atoms with Crippen molar-refractivity contribution >= 4 is 10.9 Å². The molecule has 0 radical (unpaired) electrons. The smallest absolute Gasteiger partial charge is 0.141 e. The standard InChI is InChI=1S/C11H6FN/c1-2-9-10(12)6-5-8-4-3-7-13-11(8)9/h1,3-7H. The summed E-state index contributed by atoms with van der Waals surface area (Å²) in [5, 5.41) is 0.858. The van der Waals surface area contributed by atoms with E-state index >= 15 is 0 Å². The highest BCUT2D eigenvalue weighted by molar-refractivity contribution is 5.84. The van der Waals surface area contributed by atoms with Crippen molar-refractivity contribution in [3.05, 3.63) is 41.8 Å². The van der Waals surface area contributed by atoms with Crippen LogP contribution >= 0.6 is 0 Å². The molecule has 0 aliphatic heterocycles. The molecule has 1 nitrogen and oxygen atoms in total. The van der Waals surface area contributed by atoms with Gasteiger partial charge in [-0.15, -0.1) is 6.42 Å². The van der Waals surface area contributed by atoms with Crippen LogP contribution in [0.1, 0.15) is 5.56 Å². The second-order valence-corrected chi connectivity index (χ2v) is 2.64. The molecule has 0 bridgehead atoms. The Balaban J connectivity index is 2.94. The molecule has 0 aliphatic rings. The average Bonchev–Trinajstić information content (AvgIpc) is 2.18. The lowest BCUT2D eigenvalue weighted by Crippen LogP contribution is -1.88. The quantitative estimate of drug-likeness (QED) is 0.554. The average molecular weight is 171 g/mol. The number of fused-ring (bicyclic) bond motifs is 1. The van der Waals surface area contributed by atoms with Crippen LogP contribution in [-0.4, -0.2) is 4.98 Å². The molecule has 0 saturated carbocycles. The predicted molar refractivity (Wildman–Crippen MR) is 49.6 cm³/mol. The van der Waals surface area contributed by atoms with Crippen molar-refractivity contribution in [2.75, 3.05) is 0 Å². The number of hydrogen-bond acceptors (Lipinski definition) is 1. The molecule has 0 fully saturated rings. The van der Waals surface area contributed by atoms with Gasteiger partial charge in [-0.3, -0.25) is 4.98 Å². The Bertz CT molecular complexity index is 497. The molecule has 0 saturated heterocycles. The van der Waals surface area contributed by atoms with E-state index in [9.17, 15) is 4.39 Å². The van der Waals surface area contributed by atoms with E-state index in [0.717, 1.165) is 5.39 Å². The van der Waals surface area contributed by atoms with Gasteiger partial charge >= 0.3 is 0 Å². The number of terminal acetylenes is 1. The summed E-state index contributed by atoms with van der Waals surface area (Å²) >= 11 is 0. The summed E-state index contributed by atoms with van der Waals surface area (Å²) in [5.41, 5.74) is 0.781. The van der Waals surface area contributed by atoms with Crippen molar-refractivity contribution in [1.82, 2.24) is 4.98 Å². The fourth-order valence-corrected chi connectivity index (χ4v) is 1.26. The fraction of sp³-hybridized carbons (Fsp3) is 0. The van der Waals surface area contributed by atoms with Gasteiger partial charge in [0.1, 0.15) is 5.82 Å². The zero-order valence-corrected chi connectivity index (χ0v) is 6.79. The number of hydrogen-bond donors (Lipinski definition) is 0. The summed E-state index contributed by atoms with van der Waals surface area (Å²) in [7, 11) is 0. The van der Waals surface area contributed by atoms with Gasteiger partial charge in [0, 0.05) is 11.6 Å². The Hall–Kier alpha value is -1.88. The molecule has 0 atom stereocenters. The van der Waals surface area contributed by atoms with E-state index in [-0.39, 0.29) is 5.56 Å². The van der Waals surface area contributed by atoms with E-state index in [0.29, 0.717) is 5.52 Å². The second-order valence-electron chi connectivity index (χ2n) is 2.64. The van der Waals surface area contributed by atoms with Gasteiger partial charge in [0.15, 0.2) is 0 Å². The second kappa shape index (κ2) is 2.87. The van der Waals surface area contributed by atoms with Crippen molar-refractivity contribution in [2.45, 2.75) is 0 Å². The molecule has 1 aromatic heterocycles. The molecule has 2 heteroatoms. The van der Waals surface area contributed by atoms with Crippen LogP contribution in [-0.2, 0) is 0 Å². The Morgan fingerprint density at radius 3 is 2.92 bits per heavy atom. The molecule has 0 spiro atoms. The van der Waals surface area contributed by atoms with Crippen LogP contribution in [0.4, 0.5) is 4.39 Å². The third kappa shape index (κ3) is 1.15. The van der Waals surface area contributed by atoms with Gasteiger partial charge < -0.3 is 0 Å². The number of rotatable bonds is 0. The molecular weight excluding hydrogens is 165 g/mol. The molecule has 0 amide bonds. The maximum absolute atomic E-state index is 13.1. The molecule has 2 aromatic rings. The number of benzene rings is 1. The molecular formula is C11H6FN. The van der Waals surface area contributed by atoms with E-state index in [1.165, 1.54) is 6.07 Å². The highest BCUT2D eigenvalue weighted by Crippen LogP contribution is 2.17. The Labute approximate surface area is 75.2 Å². The summed E-state index contributed by atoms with van der Waals surface area (Å²) in [6.07, 6.45) is 6.79. The Kier molecular flexibility index (Phi) is 1.71. The monoisotopic (exact) mass is 171 g/mol. The van der Waals surface area contributed by atoms with E-state index in [4.69, 9.17) is 6.42 Å². The van der Waals surface area contributed by atoms with Crippen molar-refractivity contribution in [2.24, 2.45) is 0 Å². The lowest BCUT2D eigenvalue weighted by Gasteiger charge is -1.99. The van der Waals surface area contributed by atoms with Crippen LogP contribution < -0.4 is 0 Å². The van der Waals surface area contributed by atoms with Crippen molar-refractivity contribution < 1.29 is 4.39 Å². The first-order valence-corrected chi connectivity index (χ1v) is 3.83. The minimum atomic E-state index is -0.395. The van der Waals surface area contributed by atoms with Crippen LogP contribution in [0.2, 0.25) is 0 Å². The van der Waals surface area contributed by atoms with E-state index < -0.39 is 5.82 Å². The lowest BCUT2D eigenvalue weighted by atomic mass is 10.1. The van der Waals surface area contributed by atoms with Crippen LogP contribution in [0, 0.1) is 18.2 Å².